The Bertz CT molecular complexity index is 727. The minimum Gasteiger partial charge on any atom is -0.465 e. The Balaban J connectivity index is 1.90. The molecule has 2 aliphatic rings. The van der Waals surface area contributed by atoms with E-state index < -0.39 is 16.1 Å². The van der Waals surface area contributed by atoms with Crippen LogP contribution in [0.25, 0.3) is 0 Å². The summed E-state index contributed by atoms with van der Waals surface area (Å²) in [5, 5.41) is 11.3. The number of hydrogen-bond donors (Lipinski definition) is 3. The molecule has 10 heteroatoms. The van der Waals surface area contributed by atoms with Crippen molar-refractivity contribution in [1.29, 1.82) is 0 Å². The molecule has 0 aliphatic carbocycles. The zero-order valence-corrected chi connectivity index (χ0v) is 14.5. The van der Waals surface area contributed by atoms with Gasteiger partial charge < -0.3 is 16.2 Å². The maximum absolute atomic E-state index is 13.0. The van der Waals surface area contributed by atoms with Gasteiger partial charge in [0.05, 0.1) is 0 Å². The molecule has 1 aromatic heterocycles. The van der Waals surface area contributed by atoms with Crippen LogP contribution in [0.1, 0.15) is 25.7 Å². The van der Waals surface area contributed by atoms with Crippen molar-refractivity contribution in [2.24, 2.45) is 0 Å². The molecule has 2 fully saturated rings. The molecule has 3 heterocycles. The average molecular weight is 405 g/mol. The molecule has 126 valence electrons. The second kappa shape index (κ2) is 5.91. The van der Waals surface area contributed by atoms with Crippen LogP contribution >= 0.6 is 15.9 Å². The molecule has 2 bridgehead atoms. The number of hydrogen-bond acceptors (Lipinski definition) is 5. The van der Waals surface area contributed by atoms with Gasteiger partial charge in [-0.2, -0.15) is 4.31 Å². The Morgan fingerprint density at radius 3 is 2.57 bits per heavy atom. The molecule has 0 radical (unpaired) electrons. The molecular formula is C13H17BrN4O4S. The second-order valence-corrected chi connectivity index (χ2v) is 8.60. The van der Waals surface area contributed by atoms with E-state index in [2.05, 4.69) is 26.2 Å². The molecule has 23 heavy (non-hydrogen) atoms. The summed E-state index contributed by atoms with van der Waals surface area (Å²) in [5.74, 6) is -0.0293. The minimum absolute atomic E-state index is 0.00609. The number of carboxylic acid groups (broad SMARTS) is 1. The maximum atomic E-state index is 13.0. The van der Waals surface area contributed by atoms with E-state index in [-0.39, 0.29) is 28.8 Å². The predicted octanol–water partition coefficient (Wildman–Crippen LogP) is 1.38. The first-order chi connectivity index (χ1) is 10.8. The fourth-order valence-electron chi connectivity index (χ4n) is 3.57. The number of nitrogens with one attached hydrogen (secondary N) is 1. The van der Waals surface area contributed by atoms with Gasteiger partial charge in [-0.15, -0.1) is 0 Å². The van der Waals surface area contributed by atoms with Crippen LogP contribution < -0.4 is 11.1 Å². The summed E-state index contributed by atoms with van der Waals surface area (Å²) in [7, 11) is -3.76. The lowest BCUT2D eigenvalue weighted by Crippen LogP contribution is -2.52. The number of aromatic nitrogens is 1. The van der Waals surface area contributed by atoms with E-state index in [9.17, 15) is 13.2 Å². The molecule has 2 atom stereocenters. The Morgan fingerprint density at radius 2 is 2.00 bits per heavy atom. The number of anilines is 1. The lowest BCUT2D eigenvalue weighted by molar-refractivity contribution is 0.169. The van der Waals surface area contributed by atoms with Gasteiger partial charge in [-0.3, -0.25) is 0 Å². The Kier molecular flexibility index (Phi) is 4.23. The van der Waals surface area contributed by atoms with Gasteiger partial charge in [-0.05, 0) is 47.7 Å². The van der Waals surface area contributed by atoms with Crippen molar-refractivity contribution in [1.82, 2.24) is 14.6 Å². The van der Waals surface area contributed by atoms with E-state index in [0.29, 0.717) is 17.3 Å². The van der Waals surface area contributed by atoms with Crippen molar-refractivity contribution in [3.05, 3.63) is 16.7 Å². The first-order valence-electron chi connectivity index (χ1n) is 7.23. The van der Waals surface area contributed by atoms with Gasteiger partial charge in [0.15, 0.2) is 0 Å². The summed E-state index contributed by atoms with van der Waals surface area (Å²) in [4.78, 5) is 14.7. The highest BCUT2D eigenvalue weighted by atomic mass is 79.9. The van der Waals surface area contributed by atoms with E-state index in [1.165, 1.54) is 16.6 Å². The first-order valence-corrected chi connectivity index (χ1v) is 9.46. The molecule has 0 spiro atoms. The van der Waals surface area contributed by atoms with Gasteiger partial charge in [0.2, 0.25) is 10.0 Å². The highest BCUT2D eigenvalue weighted by Crippen LogP contribution is 2.40. The van der Waals surface area contributed by atoms with Crippen LogP contribution in [0.4, 0.5) is 10.6 Å². The van der Waals surface area contributed by atoms with Crippen LogP contribution in [-0.2, 0) is 10.0 Å². The van der Waals surface area contributed by atoms with Gasteiger partial charge >= 0.3 is 6.09 Å². The van der Waals surface area contributed by atoms with E-state index in [4.69, 9.17) is 10.8 Å². The SMILES string of the molecule is Nc1ncc(Br)cc1S(=O)(=O)N1C2CCC1CC(NC(=O)O)C2. The Labute approximate surface area is 142 Å². The molecule has 2 unspecified atom stereocenters. The van der Waals surface area contributed by atoms with Crippen LogP contribution in [0.15, 0.2) is 21.6 Å². The number of amides is 1. The molecule has 8 nitrogen and oxygen atoms in total. The Hall–Kier alpha value is -1.39. The van der Waals surface area contributed by atoms with E-state index in [1.807, 2.05) is 0 Å². The minimum atomic E-state index is -3.76. The van der Waals surface area contributed by atoms with Crippen molar-refractivity contribution < 1.29 is 18.3 Å². The number of carbonyl (C=O) groups is 1. The average Bonchev–Trinajstić information content (AvgIpc) is 2.74. The summed E-state index contributed by atoms with van der Waals surface area (Å²) in [5.41, 5.74) is 5.76. The standard InChI is InChI=1S/C13H17BrN4O4S/c14-7-3-11(12(15)16-6-7)23(21,22)18-9-1-2-10(18)5-8(4-9)17-13(19)20/h3,6,8-10,17H,1-2,4-5H2,(H2,15,16)(H,19,20). The topological polar surface area (TPSA) is 126 Å². The van der Waals surface area contributed by atoms with Crippen molar-refractivity contribution in [3.63, 3.8) is 0 Å². The van der Waals surface area contributed by atoms with Crippen LogP contribution in [0.5, 0.6) is 0 Å². The van der Waals surface area contributed by atoms with Gasteiger partial charge in [-0.25, -0.2) is 18.2 Å². The number of halogens is 1. The number of rotatable bonds is 3. The number of nitrogen functional groups attached to an aromatic ring is 1. The first kappa shape index (κ1) is 16.5. The quantitative estimate of drug-likeness (QED) is 0.698. The normalized spacial score (nSPS) is 27.8. The maximum Gasteiger partial charge on any atom is 0.404 e. The van der Waals surface area contributed by atoms with Crippen molar-refractivity contribution >= 4 is 37.9 Å². The van der Waals surface area contributed by atoms with Crippen LogP contribution in [0.3, 0.4) is 0 Å². The summed E-state index contributed by atoms with van der Waals surface area (Å²) in [6.07, 6.45) is 2.77. The monoisotopic (exact) mass is 404 g/mol. The fraction of sp³-hybridized carbons (Fsp3) is 0.538. The Morgan fingerprint density at radius 1 is 1.39 bits per heavy atom. The van der Waals surface area contributed by atoms with Crippen LogP contribution in [0, 0.1) is 0 Å². The van der Waals surface area contributed by atoms with Crippen molar-refractivity contribution in [3.8, 4) is 0 Å². The zero-order valence-electron chi connectivity index (χ0n) is 12.1. The van der Waals surface area contributed by atoms with Gasteiger partial charge in [-0.1, -0.05) is 0 Å². The molecule has 2 saturated heterocycles. The predicted molar refractivity (Wildman–Crippen MR) is 86.4 cm³/mol. The van der Waals surface area contributed by atoms with Gasteiger partial charge in [0, 0.05) is 28.8 Å². The summed E-state index contributed by atoms with van der Waals surface area (Å²) < 4.78 is 28.0. The number of fused-ring (bicyclic) bond motifs is 2. The molecule has 3 rings (SSSR count). The third kappa shape index (κ3) is 3.02. The summed E-state index contributed by atoms with van der Waals surface area (Å²) in [6, 6.07) is 0.816. The summed E-state index contributed by atoms with van der Waals surface area (Å²) >= 11 is 3.22. The molecule has 1 aromatic rings. The van der Waals surface area contributed by atoms with Gasteiger partial charge in [0.1, 0.15) is 10.7 Å². The smallest absolute Gasteiger partial charge is 0.404 e. The zero-order chi connectivity index (χ0) is 16.8. The molecule has 0 aromatic carbocycles. The second-order valence-electron chi connectivity index (χ2n) is 5.87. The lowest BCUT2D eigenvalue weighted by atomic mass is 10.00. The molecule has 2 aliphatic heterocycles. The van der Waals surface area contributed by atoms with Crippen molar-refractivity contribution in [2.45, 2.75) is 48.7 Å². The van der Waals surface area contributed by atoms with Gasteiger partial charge in [0.25, 0.3) is 0 Å². The lowest BCUT2D eigenvalue weighted by Gasteiger charge is -2.37. The number of piperidine rings is 1. The third-order valence-electron chi connectivity index (χ3n) is 4.40. The fourth-order valence-corrected chi connectivity index (χ4v) is 6.04. The number of nitrogens with two attached hydrogens (primary N) is 1. The number of sulfonamides is 1. The molecule has 4 N–H and O–H groups in total. The highest BCUT2D eigenvalue weighted by molar-refractivity contribution is 9.10. The molecular weight excluding hydrogens is 388 g/mol. The number of pyridine rings is 1. The van der Waals surface area contributed by atoms with E-state index in [1.54, 1.807) is 0 Å². The molecule has 0 saturated carbocycles. The summed E-state index contributed by atoms with van der Waals surface area (Å²) in [6.45, 7) is 0. The van der Waals surface area contributed by atoms with Crippen molar-refractivity contribution in [2.75, 3.05) is 5.73 Å². The molecule has 1 amide bonds. The third-order valence-corrected chi connectivity index (χ3v) is 6.87. The highest BCUT2D eigenvalue weighted by Gasteiger charge is 2.48. The van der Waals surface area contributed by atoms with Crippen LogP contribution in [0.2, 0.25) is 0 Å². The van der Waals surface area contributed by atoms with Crippen LogP contribution in [-0.4, -0.2) is 47.0 Å². The largest absolute Gasteiger partial charge is 0.465 e. The van der Waals surface area contributed by atoms with E-state index >= 15 is 0 Å². The number of nitrogens with zero attached hydrogens (tertiary/aromatic N) is 2. The van der Waals surface area contributed by atoms with E-state index in [0.717, 1.165) is 12.8 Å².